The van der Waals surface area contributed by atoms with E-state index in [0.717, 1.165) is 26.1 Å². The van der Waals surface area contributed by atoms with Crippen molar-refractivity contribution in [2.75, 3.05) is 39.5 Å². The van der Waals surface area contributed by atoms with E-state index in [4.69, 9.17) is 9.47 Å². The molecule has 2 aliphatic rings. The number of hydrogen-bond donors (Lipinski definition) is 2. The topological polar surface area (TPSA) is 59.6 Å². The van der Waals surface area contributed by atoms with Crippen LogP contribution in [0, 0.1) is 5.92 Å². The van der Waals surface area contributed by atoms with E-state index in [9.17, 15) is 4.79 Å². The van der Waals surface area contributed by atoms with Gasteiger partial charge in [-0.25, -0.2) is 0 Å². The van der Waals surface area contributed by atoms with Crippen LogP contribution >= 0.6 is 0 Å². The fourth-order valence-corrected chi connectivity index (χ4v) is 1.85. The van der Waals surface area contributed by atoms with E-state index in [2.05, 4.69) is 10.6 Å². The Hall–Kier alpha value is -0.650. The Morgan fingerprint density at radius 2 is 2.40 bits per heavy atom. The molecule has 2 unspecified atom stereocenters. The Balaban J connectivity index is 1.65. The quantitative estimate of drug-likeness (QED) is 0.641. The van der Waals surface area contributed by atoms with Crippen LogP contribution in [0.15, 0.2) is 0 Å². The third-order valence-electron chi connectivity index (χ3n) is 2.81. The van der Waals surface area contributed by atoms with Crippen LogP contribution < -0.4 is 10.6 Å². The van der Waals surface area contributed by atoms with Crippen molar-refractivity contribution in [1.29, 1.82) is 0 Å². The summed E-state index contributed by atoms with van der Waals surface area (Å²) in [6, 6.07) is 0. The van der Waals surface area contributed by atoms with Crippen LogP contribution in [0.3, 0.4) is 0 Å². The summed E-state index contributed by atoms with van der Waals surface area (Å²) in [6.45, 7) is 4.33. The Morgan fingerprint density at radius 1 is 1.47 bits per heavy atom. The fraction of sp³-hybridized carbons (Fsp3) is 0.900. The summed E-state index contributed by atoms with van der Waals surface area (Å²) in [5.41, 5.74) is 0. The molecule has 15 heavy (non-hydrogen) atoms. The van der Waals surface area contributed by atoms with E-state index in [0.29, 0.717) is 19.8 Å². The van der Waals surface area contributed by atoms with Crippen molar-refractivity contribution in [1.82, 2.24) is 10.6 Å². The fourth-order valence-electron chi connectivity index (χ4n) is 1.85. The molecule has 2 rings (SSSR count). The molecular formula is C10H18N2O3. The van der Waals surface area contributed by atoms with Crippen LogP contribution in [0.4, 0.5) is 0 Å². The summed E-state index contributed by atoms with van der Waals surface area (Å²) in [7, 11) is 0. The number of morpholine rings is 1. The molecule has 0 aromatic heterocycles. The highest BCUT2D eigenvalue weighted by Gasteiger charge is 2.24. The van der Waals surface area contributed by atoms with Gasteiger partial charge in [-0.15, -0.1) is 0 Å². The van der Waals surface area contributed by atoms with Crippen LogP contribution in [-0.2, 0) is 14.3 Å². The highest BCUT2D eigenvalue weighted by atomic mass is 16.5. The molecule has 2 saturated heterocycles. The van der Waals surface area contributed by atoms with Crippen molar-refractivity contribution in [2.24, 2.45) is 5.92 Å². The second-order valence-corrected chi connectivity index (χ2v) is 4.00. The first-order valence-corrected chi connectivity index (χ1v) is 5.54. The van der Waals surface area contributed by atoms with Crippen molar-refractivity contribution >= 4 is 5.91 Å². The molecule has 0 saturated carbocycles. The monoisotopic (exact) mass is 214 g/mol. The molecule has 0 radical (unpaired) electrons. The Morgan fingerprint density at radius 3 is 3.07 bits per heavy atom. The lowest BCUT2D eigenvalue weighted by Crippen LogP contribution is -2.46. The number of rotatable bonds is 3. The molecule has 0 aliphatic carbocycles. The number of hydrogen-bond acceptors (Lipinski definition) is 4. The second-order valence-electron chi connectivity index (χ2n) is 4.00. The molecule has 2 fully saturated rings. The summed E-state index contributed by atoms with van der Waals surface area (Å²) in [5, 5.41) is 6.14. The van der Waals surface area contributed by atoms with Crippen molar-refractivity contribution in [2.45, 2.75) is 12.5 Å². The van der Waals surface area contributed by atoms with Gasteiger partial charge < -0.3 is 20.1 Å². The van der Waals surface area contributed by atoms with Gasteiger partial charge in [-0.1, -0.05) is 0 Å². The average molecular weight is 214 g/mol. The minimum Gasteiger partial charge on any atom is -0.381 e. The Bertz CT molecular complexity index is 211. The molecule has 5 nitrogen and oxygen atoms in total. The van der Waals surface area contributed by atoms with Crippen molar-refractivity contribution in [3.8, 4) is 0 Å². The van der Waals surface area contributed by atoms with E-state index in [-0.39, 0.29) is 17.9 Å². The van der Waals surface area contributed by atoms with Crippen LogP contribution in [-0.4, -0.2) is 51.5 Å². The largest absolute Gasteiger partial charge is 0.381 e. The lowest BCUT2D eigenvalue weighted by Gasteiger charge is -2.24. The van der Waals surface area contributed by atoms with Gasteiger partial charge in [0.2, 0.25) is 5.91 Å². The zero-order valence-corrected chi connectivity index (χ0v) is 8.83. The molecule has 2 aliphatic heterocycles. The van der Waals surface area contributed by atoms with Gasteiger partial charge in [0.15, 0.2) is 0 Å². The third kappa shape index (κ3) is 3.15. The van der Waals surface area contributed by atoms with Gasteiger partial charge in [-0.2, -0.15) is 0 Å². The normalized spacial score (nSPS) is 31.5. The first-order chi connectivity index (χ1) is 7.36. The highest BCUT2D eigenvalue weighted by Crippen LogP contribution is 2.11. The summed E-state index contributed by atoms with van der Waals surface area (Å²) < 4.78 is 10.6. The SMILES string of the molecule is O=C(NCC1CNCCO1)C1CCOC1. The summed E-state index contributed by atoms with van der Waals surface area (Å²) in [4.78, 5) is 11.6. The van der Waals surface area contributed by atoms with Gasteiger partial charge in [0.1, 0.15) is 0 Å². The molecule has 0 aromatic carbocycles. The number of ether oxygens (including phenoxy) is 2. The Labute approximate surface area is 89.5 Å². The third-order valence-corrected chi connectivity index (χ3v) is 2.81. The lowest BCUT2D eigenvalue weighted by atomic mass is 10.1. The summed E-state index contributed by atoms with van der Waals surface area (Å²) in [5.74, 6) is 0.142. The molecule has 1 amide bonds. The molecule has 2 atom stereocenters. The molecule has 2 heterocycles. The van der Waals surface area contributed by atoms with Crippen LogP contribution in [0.1, 0.15) is 6.42 Å². The number of carbonyl (C=O) groups is 1. The molecule has 0 bridgehead atoms. The number of carbonyl (C=O) groups excluding carboxylic acids is 1. The van der Waals surface area contributed by atoms with Crippen molar-refractivity contribution in [3.63, 3.8) is 0 Å². The number of nitrogens with one attached hydrogen (secondary N) is 2. The summed E-state index contributed by atoms with van der Waals surface area (Å²) >= 11 is 0. The standard InChI is InChI=1S/C10H18N2O3/c13-10(8-1-3-14-7-8)12-6-9-5-11-2-4-15-9/h8-9,11H,1-7H2,(H,12,13). The average Bonchev–Trinajstić information content (AvgIpc) is 2.81. The van der Waals surface area contributed by atoms with Crippen LogP contribution in [0.25, 0.3) is 0 Å². The van der Waals surface area contributed by atoms with Gasteiger partial charge in [0.25, 0.3) is 0 Å². The Kier molecular flexibility index (Phi) is 3.94. The summed E-state index contributed by atoms with van der Waals surface area (Å²) in [6.07, 6.45) is 0.959. The maximum Gasteiger partial charge on any atom is 0.225 e. The van der Waals surface area contributed by atoms with E-state index >= 15 is 0 Å². The molecule has 5 heteroatoms. The second kappa shape index (κ2) is 5.44. The van der Waals surface area contributed by atoms with Gasteiger partial charge in [0, 0.05) is 26.2 Å². The van der Waals surface area contributed by atoms with E-state index < -0.39 is 0 Å². The van der Waals surface area contributed by atoms with E-state index in [1.807, 2.05) is 0 Å². The molecule has 0 aromatic rings. The minimum absolute atomic E-state index is 0.0431. The first kappa shape index (κ1) is 10.9. The predicted octanol–water partition coefficient (Wildman–Crippen LogP) is -0.872. The van der Waals surface area contributed by atoms with E-state index in [1.54, 1.807) is 0 Å². The van der Waals surface area contributed by atoms with Crippen LogP contribution in [0.5, 0.6) is 0 Å². The zero-order chi connectivity index (χ0) is 10.5. The van der Waals surface area contributed by atoms with Gasteiger partial charge in [-0.05, 0) is 6.42 Å². The highest BCUT2D eigenvalue weighted by molar-refractivity contribution is 5.78. The van der Waals surface area contributed by atoms with Gasteiger partial charge in [-0.3, -0.25) is 4.79 Å². The first-order valence-electron chi connectivity index (χ1n) is 5.54. The van der Waals surface area contributed by atoms with Crippen LogP contribution in [0.2, 0.25) is 0 Å². The molecule has 2 N–H and O–H groups in total. The van der Waals surface area contributed by atoms with E-state index in [1.165, 1.54) is 0 Å². The molecule has 0 spiro atoms. The van der Waals surface area contributed by atoms with Gasteiger partial charge >= 0.3 is 0 Å². The zero-order valence-electron chi connectivity index (χ0n) is 8.83. The number of amides is 1. The minimum atomic E-state index is 0.0431. The molecule has 86 valence electrons. The van der Waals surface area contributed by atoms with Crippen molar-refractivity contribution < 1.29 is 14.3 Å². The van der Waals surface area contributed by atoms with Gasteiger partial charge in [0.05, 0.1) is 25.2 Å². The van der Waals surface area contributed by atoms with Crippen molar-refractivity contribution in [3.05, 3.63) is 0 Å². The smallest absolute Gasteiger partial charge is 0.225 e. The predicted molar refractivity (Wildman–Crippen MR) is 54.5 cm³/mol. The lowest BCUT2D eigenvalue weighted by molar-refractivity contribution is -0.125. The maximum atomic E-state index is 11.6. The maximum absolute atomic E-state index is 11.6. The molecular weight excluding hydrogens is 196 g/mol.